The zero-order chi connectivity index (χ0) is 13.1. The lowest BCUT2D eigenvalue weighted by atomic mass is 10.1. The smallest absolute Gasteiger partial charge is 0.0939 e. The molecular weight excluding hydrogens is 232 g/mol. The Morgan fingerprint density at radius 1 is 1.11 bits per heavy atom. The predicted octanol–water partition coefficient (Wildman–Crippen LogP) is -0.272. The van der Waals surface area contributed by atoms with Gasteiger partial charge in [0.1, 0.15) is 0 Å². The number of anilines is 2. The molecular formula is C12H18N4O2. The van der Waals surface area contributed by atoms with E-state index in [0.29, 0.717) is 18.8 Å². The average Bonchev–Trinajstić information content (AvgIpc) is 2.73. The molecule has 0 atom stereocenters. The fourth-order valence-corrected chi connectivity index (χ4v) is 2.17. The quantitative estimate of drug-likeness (QED) is 0.432. The Kier molecular flexibility index (Phi) is 3.59. The van der Waals surface area contributed by atoms with E-state index < -0.39 is 0 Å². The van der Waals surface area contributed by atoms with Crippen molar-refractivity contribution in [2.24, 2.45) is 0 Å². The molecule has 0 aliphatic carbocycles. The number of aromatic nitrogens is 1. The number of aliphatic hydroxyl groups is 2. The standard InChI is InChI=1S/C12H18N4O2/c13-10-1-2-11(15(5-7-17)6-8-18)9-3-4-16(14)12(9)10/h1-4,17-18H,5-8,13-14H2. The van der Waals surface area contributed by atoms with E-state index in [9.17, 15) is 0 Å². The van der Waals surface area contributed by atoms with Gasteiger partial charge >= 0.3 is 0 Å². The SMILES string of the molecule is Nc1ccc(N(CCO)CCO)c2ccn(N)c12. The lowest BCUT2D eigenvalue weighted by Gasteiger charge is -2.24. The zero-order valence-corrected chi connectivity index (χ0v) is 10.1. The van der Waals surface area contributed by atoms with E-state index in [-0.39, 0.29) is 13.2 Å². The maximum absolute atomic E-state index is 9.08. The van der Waals surface area contributed by atoms with E-state index in [1.165, 1.54) is 4.68 Å². The molecule has 0 amide bonds. The average molecular weight is 250 g/mol. The molecule has 0 aliphatic rings. The highest BCUT2D eigenvalue weighted by atomic mass is 16.3. The molecule has 0 unspecified atom stereocenters. The third-order valence-electron chi connectivity index (χ3n) is 2.97. The van der Waals surface area contributed by atoms with E-state index >= 15 is 0 Å². The van der Waals surface area contributed by atoms with Crippen molar-refractivity contribution in [3.63, 3.8) is 0 Å². The lowest BCUT2D eigenvalue weighted by Crippen LogP contribution is -2.29. The molecule has 0 bridgehead atoms. The first kappa shape index (κ1) is 12.5. The summed E-state index contributed by atoms with van der Waals surface area (Å²) >= 11 is 0. The second kappa shape index (κ2) is 5.16. The van der Waals surface area contributed by atoms with Gasteiger partial charge in [0.25, 0.3) is 0 Å². The Bertz CT molecular complexity index is 532. The molecule has 18 heavy (non-hydrogen) atoms. The number of hydrogen-bond acceptors (Lipinski definition) is 5. The number of aliphatic hydroxyl groups excluding tert-OH is 2. The molecule has 2 aromatic rings. The largest absolute Gasteiger partial charge is 0.397 e. The summed E-state index contributed by atoms with van der Waals surface area (Å²) < 4.78 is 1.48. The second-order valence-electron chi connectivity index (χ2n) is 4.09. The minimum atomic E-state index is 0.0230. The van der Waals surface area contributed by atoms with Crippen LogP contribution in [0.2, 0.25) is 0 Å². The molecule has 0 radical (unpaired) electrons. The van der Waals surface area contributed by atoms with E-state index in [4.69, 9.17) is 21.8 Å². The van der Waals surface area contributed by atoms with E-state index in [1.54, 1.807) is 12.3 Å². The van der Waals surface area contributed by atoms with Crippen LogP contribution in [0.15, 0.2) is 24.4 Å². The first-order valence-electron chi connectivity index (χ1n) is 5.80. The summed E-state index contributed by atoms with van der Waals surface area (Å²) in [6, 6.07) is 5.54. The number of benzene rings is 1. The van der Waals surface area contributed by atoms with Crippen LogP contribution >= 0.6 is 0 Å². The zero-order valence-electron chi connectivity index (χ0n) is 10.1. The minimum absolute atomic E-state index is 0.0230. The van der Waals surface area contributed by atoms with Crippen molar-refractivity contribution in [1.29, 1.82) is 0 Å². The summed E-state index contributed by atoms with van der Waals surface area (Å²) in [5, 5.41) is 19.1. The molecule has 1 heterocycles. The normalized spacial score (nSPS) is 11.0. The van der Waals surface area contributed by atoms with Gasteiger partial charge in [-0.2, -0.15) is 0 Å². The summed E-state index contributed by atoms with van der Waals surface area (Å²) in [6.07, 6.45) is 1.74. The number of nitrogen functional groups attached to an aromatic ring is 2. The molecule has 0 saturated heterocycles. The van der Waals surface area contributed by atoms with Crippen LogP contribution in [0.4, 0.5) is 11.4 Å². The number of hydrogen-bond donors (Lipinski definition) is 4. The monoisotopic (exact) mass is 250 g/mol. The number of nitrogens with two attached hydrogens (primary N) is 2. The van der Waals surface area contributed by atoms with E-state index in [0.717, 1.165) is 16.6 Å². The highest BCUT2D eigenvalue weighted by molar-refractivity contribution is 6.00. The summed E-state index contributed by atoms with van der Waals surface area (Å²) in [6.45, 7) is 0.953. The number of fused-ring (bicyclic) bond motifs is 1. The van der Waals surface area contributed by atoms with Crippen molar-refractivity contribution >= 4 is 22.3 Å². The van der Waals surface area contributed by atoms with Crippen molar-refractivity contribution in [3.05, 3.63) is 24.4 Å². The Balaban J connectivity index is 2.52. The van der Waals surface area contributed by atoms with E-state index in [1.807, 2.05) is 17.0 Å². The fraction of sp³-hybridized carbons (Fsp3) is 0.333. The topological polar surface area (TPSA) is 101 Å². The van der Waals surface area contributed by atoms with Crippen LogP contribution in [0.3, 0.4) is 0 Å². The van der Waals surface area contributed by atoms with Crippen LogP contribution in [0, 0.1) is 0 Å². The Labute approximate surface area is 105 Å². The van der Waals surface area contributed by atoms with Crippen LogP contribution in [0.25, 0.3) is 10.9 Å². The minimum Gasteiger partial charge on any atom is -0.397 e. The van der Waals surface area contributed by atoms with Crippen LogP contribution in [-0.4, -0.2) is 41.2 Å². The molecule has 1 aromatic heterocycles. The van der Waals surface area contributed by atoms with Gasteiger partial charge in [0.2, 0.25) is 0 Å². The highest BCUT2D eigenvalue weighted by Crippen LogP contribution is 2.30. The molecule has 98 valence electrons. The molecule has 6 nitrogen and oxygen atoms in total. The first-order valence-corrected chi connectivity index (χ1v) is 5.80. The van der Waals surface area contributed by atoms with Crippen LogP contribution in [-0.2, 0) is 0 Å². The summed E-state index contributed by atoms with van der Waals surface area (Å²) in [4.78, 5) is 1.90. The van der Waals surface area contributed by atoms with Crippen LogP contribution < -0.4 is 16.5 Å². The molecule has 0 spiro atoms. The molecule has 2 rings (SSSR count). The summed E-state index contributed by atoms with van der Waals surface area (Å²) in [5.41, 5.74) is 8.17. The van der Waals surface area contributed by atoms with Crippen molar-refractivity contribution < 1.29 is 10.2 Å². The van der Waals surface area contributed by atoms with Gasteiger partial charge in [0, 0.05) is 30.4 Å². The lowest BCUT2D eigenvalue weighted by molar-refractivity contribution is 0.281. The van der Waals surface area contributed by atoms with Crippen molar-refractivity contribution in [2.45, 2.75) is 0 Å². The van der Waals surface area contributed by atoms with Gasteiger partial charge in [-0.1, -0.05) is 0 Å². The van der Waals surface area contributed by atoms with Gasteiger partial charge in [-0.05, 0) is 18.2 Å². The van der Waals surface area contributed by atoms with Gasteiger partial charge in [-0.25, -0.2) is 0 Å². The molecule has 6 N–H and O–H groups in total. The maximum Gasteiger partial charge on any atom is 0.0939 e. The third-order valence-corrected chi connectivity index (χ3v) is 2.97. The maximum atomic E-state index is 9.08. The van der Waals surface area contributed by atoms with Crippen molar-refractivity contribution in [1.82, 2.24) is 4.68 Å². The van der Waals surface area contributed by atoms with E-state index in [2.05, 4.69) is 0 Å². The Morgan fingerprint density at radius 3 is 2.39 bits per heavy atom. The second-order valence-corrected chi connectivity index (χ2v) is 4.09. The Morgan fingerprint density at radius 2 is 1.78 bits per heavy atom. The highest BCUT2D eigenvalue weighted by Gasteiger charge is 2.13. The summed E-state index contributed by atoms with van der Waals surface area (Å²) in [5.74, 6) is 5.81. The van der Waals surface area contributed by atoms with Crippen LogP contribution in [0.5, 0.6) is 0 Å². The molecule has 0 aliphatic heterocycles. The molecule has 1 aromatic carbocycles. The van der Waals surface area contributed by atoms with Crippen LogP contribution in [0.1, 0.15) is 0 Å². The van der Waals surface area contributed by atoms with Gasteiger partial charge in [0.15, 0.2) is 0 Å². The fourth-order valence-electron chi connectivity index (χ4n) is 2.17. The van der Waals surface area contributed by atoms with Gasteiger partial charge < -0.3 is 26.7 Å². The number of rotatable bonds is 5. The van der Waals surface area contributed by atoms with Gasteiger partial charge in [0.05, 0.1) is 24.4 Å². The number of nitrogens with zero attached hydrogens (tertiary/aromatic N) is 2. The predicted molar refractivity (Wildman–Crippen MR) is 72.9 cm³/mol. The Hall–Kier alpha value is -1.92. The molecule has 0 saturated carbocycles. The van der Waals surface area contributed by atoms with Crippen molar-refractivity contribution in [2.75, 3.05) is 42.8 Å². The van der Waals surface area contributed by atoms with Gasteiger partial charge in [-0.3, -0.25) is 4.68 Å². The molecule has 6 heteroatoms. The third kappa shape index (κ3) is 2.07. The summed E-state index contributed by atoms with van der Waals surface area (Å²) in [7, 11) is 0. The first-order chi connectivity index (χ1) is 8.69. The van der Waals surface area contributed by atoms with Crippen molar-refractivity contribution in [3.8, 4) is 0 Å². The molecule has 0 fully saturated rings. The van der Waals surface area contributed by atoms with Gasteiger partial charge in [-0.15, -0.1) is 0 Å².